The zero-order valence-electron chi connectivity index (χ0n) is 14.6. The molecule has 0 fully saturated rings. The fourth-order valence-electron chi connectivity index (χ4n) is 2.73. The number of thiazole rings is 1. The summed E-state index contributed by atoms with van der Waals surface area (Å²) in [5.41, 5.74) is 1.84. The van der Waals surface area contributed by atoms with Crippen LogP contribution in [0, 0.1) is 6.92 Å². The van der Waals surface area contributed by atoms with Crippen LogP contribution in [0.5, 0.6) is 11.5 Å². The molecule has 1 aliphatic rings. The van der Waals surface area contributed by atoms with Gasteiger partial charge in [-0.25, -0.2) is 18.1 Å². The molecule has 0 amide bonds. The first kappa shape index (κ1) is 18.0. The highest BCUT2D eigenvalue weighted by atomic mass is 32.2. The second-order valence-corrected chi connectivity index (χ2v) is 8.87. The van der Waals surface area contributed by atoms with Crippen molar-refractivity contribution in [2.45, 2.75) is 18.4 Å². The molecule has 27 heavy (non-hydrogen) atoms. The average Bonchev–Trinajstić information content (AvgIpc) is 3.07. The minimum Gasteiger partial charge on any atom is -0.486 e. The van der Waals surface area contributed by atoms with Crippen molar-refractivity contribution >= 4 is 21.4 Å². The number of hydrogen-bond acceptors (Lipinski definition) is 6. The largest absolute Gasteiger partial charge is 0.486 e. The average molecular weight is 402 g/mol. The van der Waals surface area contributed by atoms with Crippen LogP contribution in [0.2, 0.25) is 0 Å². The van der Waals surface area contributed by atoms with E-state index in [4.69, 9.17) is 9.47 Å². The van der Waals surface area contributed by atoms with Crippen molar-refractivity contribution in [2.24, 2.45) is 0 Å². The predicted octanol–water partition coefficient (Wildman–Crippen LogP) is 3.37. The summed E-state index contributed by atoms with van der Waals surface area (Å²) in [6.07, 6.45) is 0. The van der Waals surface area contributed by atoms with Crippen molar-refractivity contribution < 1.29 is 17.9 Å². The lowest BCUT2D eigenvalue weighted by molar-refractivity contribution is 0.171. The summed E-state index contributed by atoms with van der Waals surface area (Å²) in [6, 6.07) is 14.5. The zero-order chi connectivity index (χ0) is 18.9. The molecule has 0 bridgehead atoms. The van der Waals surface area contributed by atoms with E-state index >= 15 is 0 Å². The Morgan fingerprint density at radius 1 is 1.07 bits per heavy atom. The van der Waals surface area contributed by atoms with Crippen LogP contribution in [0.4, 0.5) is 0 Å². The van der Waals surface area contributed by atoms with Gasteiger partial charge in [-0.1, -0.05) is 30.3 Å². The minimum absolute atomic E-state index is 0.150. The van der Waals surface area contributed by atoms with Crippen LogP contribution in [0.3, 0.4) is 0 Å². The summed E-state index contributed by atoms with van der Waals surface area (Å²) < 4.78 is 38.9. The number of nitrogens with one attached hydrogen (secondary N) is 1. The number of ether oxygens (including phenoxy) is 2. The minimum atomic E-state index is -3.67. The SMILES string of the molecule is Cc1nc(-c2ccccc2)sc1CNS(=O)(=O)c1ccc2c(c1)OCCO2. The van der Waals surface area contributed by atoms with E-state index in [9.17, 15) is 8.42 Å². The van der Waals surface area contributed by atoms with Gasteiger partial charge in [0.15, 0.2) is 11.5 Å². The van der Waals surface area contributed by atoms with Gasteiger partial charge in [-0.05, 0) is 19.1 Å². The van der Waals surface area contributed by atoms with Gasteiger partial charge >= 0.3 is 0 Å². The van der Waals surface area contributed by atoms with Gasteiger partial charge in [0.2, 0.25) is 10.0 Å². The van der Waals surface area contributed by atoms with Crippen LogP contribution in [-0.2, 0) is 16.6 Å². The number of aryl methyl sites for hydroxylation is 1. The molecule has 0 radical (unpaired) electrons. The van der Waals surface area contributed by atoms with Crippen molar-refractivity contribution in [3.05, 3.63) is 59.1 Å². The van der Waals surface area contributed by atoms with E-state index in [-0.39, 0.29) is 11.4 Å². The molecule has 2 heterocycles. The molecule has 0 saturated carbocycles. The zero-order valence-corrected chi connectivity index (χ0v) is 16.3. The van der Waals surface area contributed by atoms with E-state index in [1.807, 2.05) is 37.3 Å². The number of rotatable bonds is 5. The highest BCUT2D eigenvalue weighted by molar-refractivity contribution is 7.89. The van der Waals surface area contributed by atoms with Gasteiger partial charge in [0, 0.05) is 23.1 Å². The Hall–Kier alpha value is -2.42. The van der Waals surface area contributed by atoms with Crippen molar-refractivity contribution in [1.29, 1.82) is 0 Å². The Morgan fingerprint density at radius 3 is 2.59 bits per heavy atom. The van der Waals surface area contributed by atoms with Crippen LogP contribution in [0.25, 0.3) is 10.6 Å². The topological polar surface area (TPSA) is 77.5 Å². The number of hydrogen-bond donors (Lipinski definition) is 1. The maximum atomic E-state index is 12.7. The first-order chi connectivity index (χ1) is 13.0. The molecule has 0 saturated heterocycles. The van der Waals surface area contributed by atoms with E-state index in [2.05, 4.69) is 9.71 Å². The molecule has 8 heteroatoms. The quantitative estimate of drug-likeness (QED) is 0.708. The number of sulfonamides is 1. The van der Waals surface area contributed by atoms with Gasteiger partial charge in [-0.2, -0.15) is 0 Å². The van der Waals surface area contributed by atoms with Crippen molar-refractivity contribution in [3.63, 3.8) is 0 Å². The van der Waals surface area contributed by atoms with Gasteiger partial charge in [0.05, 0.1) is 10.6 Å². The molecule has 0 unspecified atom stereocenters. The van der Waals surface area contributed by atoms with Gasteiger partial charge in [0.25, 0.3) is 0 Å². The second kappa shape index (κ2) is 7.30. The summed E-state index contributed by atoms with van der Waals surface area (Å²) in [4.78, 5) is 5.59. The highest BCUT2D eigenvalue weighted by Gasteiger charge is 2.20. The number of benzene rings is 2. The molecule has 3 aromatic rings. The summed E-state index contributed by atoms with van der Waals surface area (Å²) in [6.45, 7) is 2.95. The molecule has 2 aromatic carbocycles. The first-order valence-electron chi connectivity index (χ1n) is 8.44. The van der Waals surface area contributed by atoms with Crippen molar-refractivity contribution in [1.82, 2.24) is 9.71 Å². The summed E-state index contributed by atoms with van der Waals surface area (Å²) >= 11 is 1.49. The van der Waals surface area contributed by atoms with E-state index in [0.717, 1.165) is 21.1 Å². The van der Waals surface area contributed by atoms with E-state index in [1.54, 1.807) is 6.07 Å². The fraction of sp³-hybridized carbons (Fsp3) is 0.211. The molecule has 4 rings (SSSR count). The molecule has 0 aliphatic carbocycles. The lowest BCUT2D eigenvalue weighted by Gasteiger charge is -2.18. The first-order valence-corrected chi connectivity index (χ1v) is 10.7. The molecule has 6 nitrogen and oxygen atoms in total. The normalized spacial score (nSPS) is 13.5. The van der Waals surface area contributed by atoms with Crippen LogP contribution < -0.4 is 14.2 Å². The standard InChI is InChI=1S/C19H18N2O4S2/c1-13-18(26-19(21-13)14-5-3-2-4-6-14)12-20-27(22,23)15-7-8-16-17(11-15)25-10-9-24-16/h2-8,11,20H,9-10,12H2,1H3. The third-order valence-electron chi connectivity index (χ3n) is 4.16. The summed E-state index contributed by atoms with van der Waals surface area (Å²) in [5, 5.41) is 0.877. The van der Waals surface area contributed by atoms with Gasteiger partial charge < -0.3 is 9.47 Å². The fourth-order valence-corrected chi connectivity index (χ4v) is 4.84. The van der Waals surface area contributed by atoms with Gasteiger partial charge in [-0.3, -0.25) is 0 Å². The predicted molar refractivity (Wildman–Crippen MR) is 104 cm³/mol. The Labute approximate surface area is 161 Å². The molecule has 0 spiro atoms. The highest BCUT2D eigenvalue weighted by Crippen LogP contribution is 2.32. The van der Waals surface area contributed by atoms with Gasteiger partial charge in [-0.15, -0.1) is 11.3 Å². The summed E-state index contributed by atoms with van der Waals surface area (Å²) in [5.74, 6) is 1.01. The van der Waals surface area contributed by atoms with Crippen LogP contribution in [0.15, 0.2) is 53.4 Å². The summed E-state index contributed by atoms with van der Waals surface area (Å²) in [7, 11) is -3.67. The smallest absolute Gasteiger partial charge is 0.241 e. The second-order valence-electron chi connectivity index (χ2n) is 6.02. The lowest BCUT2D eigenvalue weighted by Crippen LogP contribution is -2.23. The Morgan fingerprint density at radius 2 is 1.81 bits per heavy atom. The van der Waals surface area contributed by atoms with Crippen LogP contribution in [-0.4, -0.2) is 26.6 Å². The van der Waals surface area contributed by atoms with Crippen LogP contribution in [0.1, 0.15) is 10.6 Å². The molecule has 1 aliphatic heterocycles. The maximum Gasteiger partial charge on any atom is 0.241 e. The third-order valence-corrected chi connectivity index (χ3v) is 6.77. The molecule has 1 N–H and O–H groups in total. The van der Waals surface area contributed by atoms with Crippen molar-refractivity contribution in [2.75, 3.05) is 13.2 Å². The number of nitrogens with zero attached hydrogens (tertiary/aromatic N) is 1. The number of aromatic nitrogens is 1. The van der Waals surface area contributed by atoms with E-state index in [1.165, 1.54) is 23.5 Å². The maximum absolute atomic E-state index is 12.7. The Bertz CT molecular complexity index is 1060. The van der Waals surface area contributed by atoms with E-state index in [0.29, 0.717) is 24.7 Å². The molecular weight excluding hydrogens is 384 g/mol. The third kappa shape index (κ3) is 3.83. The van der Waals surface area contributed by atoms with E-state index < -0.39 is 10.0 Å². The molecule has 1 aromatic heterocycles. The van der Waals surface area contributed by atoms with Crippen LogP contribution >= 0.6 is 11.3 Å². The Balaban J connectivity index is 1.52. The van der Waals surface area contributed by atoms with Gasteiger partial charge in [0.1, 0.15) is 18.2 Å². The molecular formula is C19H18N2O4S2. The lowest BCUT2D eigenvalue weighted by atomic mass is 10.2. The van der Waals surface area contributed by atoms with Crippen molar-refractivity contribution in [3.8, 4) is 22.1 Å². The Kier molecular flexibility index (Phi) is 4.86. The number of fused-ring (bicyclic) bond motifs is 1. The molecule has 140 valence electrons. The molecule has 0 atom stereocenters. The monoisotopic (exact) mass is 402 g/mol.